The van der Waals surface area contributed by atoms with Gasteiger partial charge in [-0.3, -0.25) is 4.99 Å². The minimum Gasteiger partial charge on any atom is -0.387 e. The molecule has 0 radical (unpaired) electrons. The molecule has 0 rings (SSSR count). The van der Waals surface area contributed by atoms with Crippen LogP contribution in [0.2, 0.25) is 0 Å². The van der Waals surface area contributed by atoms with Crippen molar-refractivity contribution >= 4 is 30.6 Å². The van der Waals surface area contributed by atoms with E-state index in [0.29, 0.717) is 6.54 Å². The molecule has 0 heterocycles. The van der Waals surface area contributed by atoms with Gasteiger partial charge in [0.05, 0.1) is 5.84 Å². The lowest BCUT2D eigenvalue weighted by molar-refractivity contribution is 0.530. The van der Waals surface area contributed by atoms with Crippen LogP contribution in [0.1, 0.15) is 116 Å². The van der Waals surface area contributed by atoms with Gasteiger partial charge >= 0.3 is 0 Å². The number of unbranched alkanes of at least 4 members (excludes halogenated alkanes) is 15. The Bertz CT molecular complexity index is 274. The highest BCUT2D eigenvalue weighted by Crippen LogP contribution is 2.13. The zero-order chi connectivity index (χ0) is 17.7. The fourth-order valence-electron chi connectivity index (χ4n) is 3.11. The van der Waals surface area contributed by atoms with Crippen molar-refractivity contribution in [3.05, 3.63) is 0 Å². The van der Waals surface area contributed by atoms with Crippen LogP contribution in [0.5, 0.6) is 0 Å². The van der Waals surface area contributed by atoms with Crippen molar-refractivity contribution in [3.63, 3.8) is 0 Å². The molecule has 160 valence electrons. The van der Waals surface area contributed by atoms with Gasteiger partial charge in [0, 0.05) is 13.0 Å². The lowest BCUT2D eigenvalue weighted by Crippen LogP contribution is -2.17. The zero-order valence-electron chi connectivity index (χ0n) is 17.4. The minimum absolute atomic E-state index is 0. The van der Waals surface area contributed by atoms with Gasteiger partial charge in [0.2, 0.25) is 0 Å². The van der Waals surface area contributed by atoms with Crippen LogP contribution in [0.4, 0.5) is 0 Å². The van der Waals surface area contributed by atoms with E-state index in [1.807, 2.05) is 0 Å². The number of nitrogens with two attached hydrogens (primary N) is 2. The molecular formula is C21H47Cl2N3. The first-order valence-corrected chi connectivity index (χ1v) is 10.8. The van der Waals surface area contributed by atoms with E-state index in [9.17, 15) is 0 Å². The monoisotopic (exact) mass is 411 g/mol. The van der Waals surface area contributed by atoms with E-state index < -0.39 is 0 Å². The number of amidine groups is 1. The third-order valence-electron chi connectivity index (χ3n) is 4.73. The van der Waals surface area contributed by atoms with Crippen molar-refractivity contribution < 1.29 is 0 Å². The highest BCUT2D eigenvalue weighted by Gasteiger charge is 1.95. The summed E-state index contributed by atoms with van der Waals surface area (Å²) in [5.74, 6) is 0.721. The highest BCUT2D eigenvalue weighted by atomic mass is 35.5. The number of hydrogen-bond acceptors (Lipinski definition) is 2. The highest BCUT2D eigenvalue weighted by molar-refractivity contribution is 5.85. The Hall–Kier alpha value is 0.01000. The first-order chi connectivity index (χ1) is 11.8. The van der Waals surface area contributed by atoms with Crippen molar-refractivity contribution in [1.29, 1.82) is 0 Å². The predicted octanol–water partition coefficient (Wildman–Crippen LogP) is 6.80. The van der Waals surface area contributed by atoms with E-state index in [0.717, 1.165) is 18.8 Å². The molecule has 0 spiro atoms. The van der Waals surface area contributed by atoms with E-state index in [1.54, 1.807) is 0 Å². The van der Waals surface area contributed by atoms with Crippen molar-refractivity contribution in [3.8, 4) is 0 Å². The van der Waals surface area contributed by atoms with Crippen LogP contribution >= 0.6 is 24.8 Å². The molecule has 0 aromatic heterocycles. The summed E-state index contributed by atoms with van der Waals surface area (Å²) in [6, 6.07) is 0. The van der Waals surface area contributed by atoms with Gasteiger partial charge < -0.3 is 11.5 Å². The van der Waals surface area contributed by atoms with E-state index in [4.69, 9.17) is 11.5 Å². The summed E-state index contributed by atoms with van der Waals surface area (Å²) in [6.45, 7) is 3.77. The standard InChI is InChI=1S/C21H45N3.2ClH/c1-2-3-4-5-6-7-8-9-10-11-12-13-14-15-16-17-20-24-21(23)18-19-22;;/h2-20,22H2,1H3,(H2,23,24);2*1H. The molecule has 0 fully saturated rings. The predicted molar refractivity (Wildman–Crippen MR) is 124 cm³/mol. The number of nitrogens with zero attached hydrogens (tertiary/aromatic N) is 1. The number of rotatable bonds is 19. The Kier molecular flexibility index (Phi) is 32.2. The topological polar surface area (TPSA) is 64.4 Å². The first-order valence-electron chi connectivity index (χ1n) is 10.8. The fourth-order valence-corrected chi connectivity index (χ4v) is 3.11. The average molecular weight is 413 g/mol. The van der Waals surface area contributed by atoms with Gasteiger partial charge in [0.25, 0.3) is 0 Å². The maximum atomic E-state index is 5.72. The third-order valence-corrected chi connectivity index (χ3v) is 4.73. The zero-order valence-corrected chi connectivity index (χ0v) is 19.0. The molecule has 0 aliphatic rings. The first kappa shape index (κ1) is 30.7. The number of halogens is 2. The van der Waals surface area contributed by atoms with Crippen molar-refractivity contribution in [2.75, 3.05) is 13.1 Å². The van der Waals surface area contributed by atoms with Crippen LogP contribution in [0, 0.1) is 0 Å². The van der Waals surface area contributed by atoms with Crippen LogP contribution in [0.25, 0.3) is 0 Å². The normalized spacial score (nSPS) is 11.1. The molecule has 0 aliphatic heterocycles. The molecule has 0 atom stereocenters. The second kappa shape index (κ2) is 27.2. The maximum absolute atomic E-state index is 5.72. The van der Waals surface area contributed by atoms with E-state index in [1.165, 1.54) is 103 Å². The molecule has 0 bridgehead atoms. The van der Waals surface area contributed by atoms with Gasteiger partial charge in [-0.2, -0.15) is 0 Å². The van der Waals surface area contributed by atoms with Crippen molar-refractivity contribution in [2.24, 2.45) is 16.5 Å². The smallest absolute Gasteiger partial charge is 0.0949 e. The molecule has 0 unspecified atom stereocenters. The average Bonchev–Trinajstić information content (AvgIpc) is 2.58. The molecule has 0 saturated carbocycles. The van der Waals surface area contributed by atoms with Gasteiger partial charge in [-0.15, -0.1) is 24.8 Å². The molecule has 0 amide bonds. The molecule has 0 aromatic carbocycles. The Morgan fingerprint density at radius 3 is 1.31 bits per heavy atom. The maximum Gasteiger partial charge on any atom is 0.0949 e. The molecule has 0 aliphatic carbocycles. The number of aliphatic imine (C=N–C) groups is 1. The summed E-state index contributed by atoms with van der Waals surface area (Å²) < 4.78 is 0. The molecule has 0 saturated heterocycles. The second-order valence-corrected chi connectivity index (χ2v) is 7.22. The largest absolute Gasteiger partial charge is 0.387 e. The van der Waals surface area contributed by atoms with Crippen LogP contribution in [-0.4, -0.2) is 18.9 Å². The van der Waals surface area contributed by atoms with Crippen LogP contribution in [0.15, 0.2) is 4.99 Å². The third kappa shape index (κ3) is 26.2. The Morgan fingerprint density at radius 2 is 0.962 bits per heavy atom. The summed E-state index contributed by atoms with van der Waals surface area (Å²) >= 11 is 0. The summed E-state index contributed by atoms with van der Waals surface area (Å²) in [5, 5.41) is 0. The van der Waals surface area contributed by atoms with Crippen molar-refractivity contribution in [2.45, 2.75) is 116 Å². The summed E-state index contributed by atoms with van der Waals surface area (Å²) in [4.78, 5) is 4.33. The van der Waals surface area contributed by atoms with Gasteiger partial charge in [-0.1, -0.05) is 103 Å². The minimum atomic E-state index is 0. The lowest BCUT2D eigenvalue weighted by atomic mass is 10.0. The Balaban J connectivity index is -0.00000264. The van der Waals surface area contributed by atoms with Crippen LogP contribution in [-0.2, 0) is 0 Å². The molecular weight excluding hydrogens is 365 g/mol. The molecule has 0 aromatic rings. The van der Waals surface area contributed by atoms with Crippen LogP contribution < -0.4 is 11.5 Å². The van der Waals surface area contributed by atoms with E-state index in [2.05, 4.69) is 11.9 Å². The molecule has 26 heavy (non-hydrogen) atoms. The van der Waals surface area contributed by atoms with Gasteiger partial charge in [-0.25, -0.2) is 0 Å². The molecule has 5 heteroatoms. The van der Waals surface area contributed by atoms with E-state index in [-0.39, 0.29) is 24.8 Å². The van der Waals surface area contributed by atoms with Gasteiger partial charge in [0.15, 0.2) is 0 Å². The van der Waals surface area contributed by atoms with Gasteiger partial charge in [0.1, 0.15) is 0 Å². The Labute approximate surface area is 176 Å². The van der Waals surface area contributed by atoms with Crippen molar-refractivity contribution in [1.82, 2.24) is 0 Å². The SMILES string of the molecule is CCCCCCCCCCCCCCCCCCN=C(N)CCN.Cl.Cl. The second-order valence-electron chi connectivity index (χ2n) is 7.22. The summed E-state index contributed by atoms with van der Waals surface area (Å²) in [7, 11) is 0. The molecule has 4 N–H and O–H groups in total. The Morgan fingerprint density at radius 1 is 0.615 bits per heavy atom. The summed E-state index contributed by atoms with van der Waals surface area (Å²) in [5.41, 5.74) is 11.2. The van der Waals surface area contributed by atoms with E-state index >= 15 is 0 Å². The van der Waals surface area contributed by atoms with Crippen LogP contribution in [0.3, 0.4) is 0 Å². The summed E-state index contributed by atoms with van der Waals surface area (Å²) in [6.07, 6.45) is 23.2. The fraction of sp³-hybridized carbons (Fsp3) is 0.952. The number of hydrogen-bond donors (Lipinski definition) is 2. The molecule has 3 nitrogen and oxygen atoms in total. The lowest BCUT2D eigenvalue weighted by Gasteiger charge is -2.03. The quantitative estimate of drug-likeness (QED) is 0.139. The van der Waals surface area contributed by atoms with Gasteiger partial charge in [-0.05, 0) is 13.0 Å².